The van der Waals surface area contributed by atoms with Crippen LogP contribution in [0.15, 0.2) is 24.3 Å². The van der Waals surface area contributed by atoms with Crippen LogP contribution in [0, 0.1) is 10.1 Å². The maximum atomic E-state index is 12.3. The first-order valence-electron chi connectivity index (χ1n) is 15.5. The van der Waals surface area contributed by atoms with Crippen molar-refractivity contribution in [1.29, 1.82) is 0 Å². The van der Waals surface area contributed by atoms with Crippen LogP contribution in [0.5, 0.6) is 0 Å². The molecule has 1 aromatic rings. The van der Waals surface area contributed by atoms with Gasteiger partial charge in [0, 0.05) is 12.1 Å². The number of rotatable bonds is 25. The smallest absolute Gasteiger partial charge is 0.377 e. The Hall–Kier alpha value is -2.27. The van der Waals surface area contributed by atoms with E-state index < -0.39 is 52.3 Å². The van der Waals surface area contributed by atoms with E-state index in [1.807, 2.05) is 0 Å². The molecule has 10 nitrogen and oxygen atoms in total. The third kappa shape index (κ3) is 17.0. The van der Waals surface area contributed by atoms with E-state index in [1.54, 1.807) is 0 Å². The van der Waals surface area contributed by atoms with Crippen molar-refractivity contribution in [2.75, 3.05) is 6.61 Å². The molecule has 1 rings (SSSR count). The van der Waals surface area contributed by atoms with Gasteiger partial charge in [-0.2, -0.15) is 0 Å². The number of Topliss-reactive ketones (excluding diaryl/α,β-unsaturated/α-hetero) is 1. The van der Waals surface area contributed by atoms with E-state index >= 15 is 0 Å². The predicted molar refractivity (Wildman–Crippen MR) is 167 cm³/mol. The quantitative estimate of drug-likeness (QED) is 0.0266. The molecular weight excluding hydrogens is 599 g/mol. The van der Waals surface area contributed by atoms with Crippen LogP contribution in [0.2, 0.25) is 0 Å². The highest BCUT2D eigenvalue weighted by molar-refractivity contribution is 6.53. The average Bonchev–Trinajstić information content (AvgIpc) is 2.99. The van der Waals surface area contributed by atoms with Crippen LogP contribution in [0.1, 0.15) is 121 Å². The number of nitro benzene ring substituents is 1. The Balaban J connectivity index is 2.34. The first-order valence-corrected chi connectivity index (χ1v) is 16.4. The Morgan fingerprint density at radius 1 is 0.837 bits per heavy atom. The van der Waals surface area contributed by atoms with Crippen LogP contribution >= 0.6 is 23.2 Å². The number of carbonyl (C=O) groups excluding carboxylic acids is 3. The molecule has 3 atom stereocenters. The topological polar surface area (TPSA) is 156 Å². The van der Waals surface area contributed by atoms with Gasteiger partial charge in [0.15, 0.2) is 4.84 Å². The number of benzene rings is 1. The Kier molecular flexibility index (Phi) is 20.9. The summed E-state index contributed by atoms with van der Waals surface area (Å²) in [4.78, 5) is 45.4. The summed E-state index contributed by atoms with van der Waals surface area (Å²) in [5.74, 6) is -3.31. The van der Waals surface area contributed by atoms with E-state index in [1.165, 1.54) is 82.8 Å². The highest BCUT2D eigenvalue weighted by atomic mass is 35.5. The molecule has 0 aromatic heterocycles. The Morgan fingerprint density at radius 2 is 1.30 bits per heavy atom. The van der Waals surface area contributed by atoms with Gasteiger partial charge in [-0.25, -0.2) is 4.79 Å². The zero-order valence-electron chi connectivity index (χ0n) is 25.2. The molecule has 1 unspecified atom stereocenters. The van der Waals surface area contributed by atoms with Crippen molar-refractivity contribution < 1.29 is 34.3 Å². The number of unbranched alkanes of at least 4 members (excludes halogenated alkanes) is 14. The number of alkyl halides is 2. The van der Waals surface area contributed by atoms with Gasteiger partial charge in [0.1, 0.15) is 18.8 Å². The fraction of sp³-hybridized carbons (Fsp3) is 0.710. The lowest BCUT2D eigenvalue weighted by atomic mass is 10.0. The minimum absolute atomic E-state index is 0.123. The predicted octanol–water partition coefficient (Wildman–Crippen LogP) is 6.65. The van der Waals surface area contributed by atoms with Crippen LogP contribution in [-0.4, -0.2) is 56.4 Å². The van der Waals surface area contributed by atoms with E-state index in [9.17, 15) is 34.7 Å². The van der Waals surface area contributed by atoms with E-state index in [4.69, 9.17) is 27.9 Å². The number of hydrogen-bond acceptors (Lipinski definition) is 8. The molecule has 244 valence electrons. The van der Waals surface area contributed by atoms with E-state index in [0.29, 0.717) is 6.42 Å². The molecule has 43 heavy (non-hydrogen) atoms. The van der Waals surface area contributed by atoms with E-state index in [0.717, 1.165) is 31.4 Å². The monoisotopic (exact) mass is 646 g/mol. The van der Waals surface area contributed by atoms with E-state index in [2.05, 4.69) is 12.2 Å². The summed E-state index contributed by atoms with van der Waals surface area (Å²) in [5, 5.41) is 34.1. The van der Waals surface area contributed by atoms with Crippen molar-refractivity contribution in [2.24, 2.45) is 0 Å². The van der Waals surface area contributed by atoms with Crippen molar-refractivity contribution in [2.45, 2.75) is 133 Å². The minimum atomic E-state index is -1.52. The summed E-state index contributed by atoms with van der Waals surface area (Å²) >= 11 is 11.1. The SMILES string of the molecule is CCCCCCCCCCCCCCCCCC(O)C(=O)C(=O)OC[C@@H](NC(=O)C(Cl)Cl)[C@H](O)c1ccc([N+](=O)[O-])cc1. The second-order valence-corrected chi connectivity index (χ2v) is 12.0. The number of hydrogen-bond donors (Lipinski definition) is 3. The lowest BCUT2D eigenvalue weighted by Crippen LogP contribution is -2.45. The maximum Gasteiger partial charge on any atom is 0.377 e. The second kappa shape index (κ2) is 23.2. The molecule has 0 aliphatic carbocycles. The molecule has 1 aromatic carbocycles. The Bertz CT molecular complexity index is 962. The molecule has 3 N–H and O–H groups in total. The van der Waals surface area contributed by atoms with Crippen LogP contribution in [0.4, 0.5) is 5.69 Å². The summed E-state index contributed by atoms with van der Waals surface area (Å²) in [6, 6.07) is 3.59. The van der Waals surface area contributed by atoms with Gasteiger partial charge in [-0.05, 0) is 24.1 Å². The summed E-state index contributed by atoms with van der Waals surface area (Å²) in [6.07, 6.45) is 14.9. The fourth-order valence-electron chi connectivity index (χ4n) is 4.70. The van der Waals surface area contributed by atoms with Gasteiger partial charge in [0.05, 0.1) is 11.0 Å². The number of aliphatic hydroxyl groups is 2. The van der Waals surface area contributed by atoms with Crippen LogP contribution in [-0.2, 0) is 19.1 Å². The van der Waals surface area contributed by atoms with Crippen molar-refractivity contribution in [3.8, 4) is 0 Å². The van der Waals surface area contributed by atoms with E-state index in [-0.39, 0.29) is 17.7 Å². The van der Waals surface area contributed by atoms with Crippen molar-refractivity contribution >= 4 is 46.5 Å². The van der Waals surface area contributed by atoms with Crippen molar-refractivity contribution in [3.63, 3.8) is 0 Å². The van der Waals surface area contributed by atoms with Crippen molar-refractivity contribution in [1.82, 2.24) is 5.32 Å². The second-order valence-electron chi connectivity index (χ2n) is 10.9. The molecular formula is C31H48Cl2N2O8. The lowest BCUT2D eigenvalue weighted by Gasteiger charge is -2.24. The van der Waals surface area contributed by atoms with Crippen LogP contribution in [0.3, 0.4) is 0 Å². The number of nitrogens with zero attached hydrogens (tertiary/aromatic N) is 1. The summed E-state index contributed by atoms with van der Waals surface area (Å²) in [5.41, 5.74) is -0.0367. The highest BCUT2D eigenvalue weighted by Crippen LogP contribution is 2.22. The Morgan fingerprint density at radius 3 is 1.74 bits per heavy atom. The molecule has 0 fully saturated rings. The minimum Gasteiger partial charge on any atom is -0.458 e. The number of nitro groups is 1. The molecule has 0 saturated carbocycles. The van der Waals surface area contributed by atoms with Crippen LogP contribution < -0.4 is 5.32 Å². The van der Waals surface area contributed by atoms with Gasteiger partial charge in [-0.15, -0.1) is 0 Å². The molecule has 0 aliphatic heterocycles. The molecule has 0 radical (unpaired) electrons. The number of nitrogens with one attached hydrogen (secondary N) is 1. The zero-order chi connectivity index (χ0) is 32.0. The third-order valence-electron chi connectivity index (χ3n) is 7.33. The van der Waals surface area contributed by atoms with Gasteiger partial charge in [-0.1, -0.05) is 126 Å². The number of amides is 1. The van der Waals surface area contributed by atoms with Gasteiger partial charge < -0.3 is 20.3 Å². The zero-order valence-corrected chi connectivity index (χ0v) is 26.7. The van der Waals surface area contributed by atoms with Crippen molar-refractivity contribution in [3.05, 3.63) is 39.9 Å². The largest absolute Gasteiger partial charge is 0.458 e. The first-order chi connectivity index (χ1) is 20.6. The fourth-order valence-corrected chi connectivity index (χ4v) is 4.82. The van der Waals surface area contributed by atoms with Crippen LogP contribution in [0.25, 0.3) is 0 Å². The Labute approximate surface area is 265 Å². The van der Waals surface area contributed by atoms with Gasteiger partial charge in [0.2, 0.25) is 0 Å². The standard InChI is InChI=1S/C31H48Cl2N2O8/c1-2-3-4-5-6-7-8-9-10-11-12-13-14-15-16-17-26(36)28(38)31(40)43-22-25(34-30(39)29(32)33)27(37)23-18-20-24(21-19-23)35(41)42/h18-21,25-27,29,36-37H,2-17,22H2,1H3,(H,34,39)/t25-,26?,27-/m1/s1. The molecule has 12 heteroatoms. The summed E-state index contributed by atoms with van der Waals surface area (Å²) in [6.45, 7) is 1.60. The van der Waals surface area contributed by atoms with Gasteiger partial charge in [0.25, 0.3) is 17.4 Å². The summed E-state index contributed by atoms with van der Waals surface area (Å²) < 4.78 is 4.98. The number of halogens is 2. The number of esters is 1. The molecule has 0 saturated heterocycles. The third-order valence-corrected chi connectivity index (χ3v) is 7.73. The maximum absolute atomic E-state index is 12.3. The summed E-state index contributed by atoms with van der Waals surface area (Å²) in [7, 11) is 0. The number of aliphatic hydroxyl groups excluding tert-OH is 2. The highest BCUT2D eigenvalue weighted by Gasteiger charge is 2.30. The first kappa shape index (κ1) is 38.8. The number of non-ortho nitro benzene ring substituents is 1. The van der Waals surface area contributed by atoms with Gasteiger partial charge in [-0.3, -0.25) is 19.7 Å². The molecule has 0 aliphatic rings. The normalized spacial score (nSPS) is 13.3. The molecule has 0 heterocycles. The molecule has 0 bridgehead atoms. The lowest BCUT2D eigenvalue weighted by molar-refractivity contribution is -0.384. The molecule has 0 spiro atoms. The number of ketones is 1. The average molecular weight is 648 g/mol. The number of carbonyl (C=O) groups is 3. The molecule has 1 amide bonds. The van der Waals surface area contributed by atoms with Gasteiger partial charge >= 0.3 is 5.97 Å². The number of ether oxygens (including phenoxy) is 1.